The van der Waals surface area contributed by atoms with Crippen molar-refractivity contribution in [3.05, 3.63) is 24.3 Å². The van der Waals surface area contributed by atoms with Crippen LogP contribution in [0.1, 0.15) is 26.7 Å². The lowest BCUT2D eigenvalue weighted by Gasteiger charge is -2.25. The quantitative estimate of drug-likeness (QED) is 0.713. The van der Waals surface area contributed by atoms with E-state index < -0.39 is 5.60 Å². The molecule has 22 heavy (non-hydrogen) atoms. The molecule has 0 saturated carbocycles. The smallest absolute Gasteiger partial charge is 0.256 e. The van der Waals surface area contributed by atoms with Gasteiger partial charge in [0, 0.05) is 19.3 Å². The number of hydrogen-bond donors (Lipinski definition) is 1. The maximum Gasteiger partial charge on any atom is 0.256 e. The van der Waals surface area contributed by atoms with Gasteiger partial charge in [-0.25, -0.2) is 0 Å². The molecule has 5 heteroatoms. The van der Waals surface area contributed by atoms with Crippen molar-refractivity contribution >= 4 is 11.6 Å². The summed E-state index contributed by atoms with van der Waals surface area (Å²) in [5.41, 5.74) is -0.0659. The SMILES string of the molecule is CC[C@](C)(OC)C(=O)Nc1ccc(OCCCN(C)C)cc1. The maximum absolute atomic E-state index is 12.2. The van der Waals surface area contributed by atoms with E-state index in [9.17, 15) is 4.79 Å². The number of nitrogens with zero attached hydrogens (tertiary/aromatic N) is 1. The maximum atomic E-state index is 12.2. The summed E-state index contributed by atoms with van der Waals surface area (Å²) in [5, 5.41) is 2.87. The first-order chi connectivity index (χ1) is 10.4. The minimum absolute atomic E-state index is 0.142. The van der Waals surface area contributed by atoms with Gasteiger partial charge < -0.3 is 19.7 Å². The van der Waals surface area contributed by atoms with E-state index in [4.69, 9.17) is 9.47 Å². The van der Waals surface area contributed by atoms with Gasteiger partial charge in [-0.15, -0.1) is 0 Å². The third kappa shape index (κ3) is 5.66. The number of amides is 1. The molecule has 1 aromatic carbocycles. The Balaban J connectivity index is 2.49. The molecule has 0 bridgehead atoms. The van der Waals surface area contributed by atoms with E-state index >= 15 is 0 Å². The number of carbonyl (C=O) groups is 1. The summed E-state index contributed by atoms with van der Waals surface area (Å²) in [7, 11) is 5.64. The number of rotatable bonds is 9. The van der Waals surface area contributed by atoms with Gasteiger partial charge in [-0.2, -0.15) is 0 Å². The summed E-state index contributed by atoms with van der Waals surface area (Å²) < 4.78 is 11.0. The number of anilines is 1. The van der Waals surface area contributed by atoms with Crippen LogP contribution in [0.15, 0.2) is 24.3 Å². The topological polar surface area (TPSA) is 50.8 Å². The fourth-order valence-electron chi connectivity index (χ4n) is 1.87. The molecule has 0 saturated heterocycles. The molecule has 5 nitrogen and oxygen atoms in total. The van der Waals surface area contributed by atoms with Gasteiger partial charge in [0.15, 0.2) is 0 Å². The van der Waals surface area contributed by atoms with Crippen LogP contribution in [0.3, 0.4) is 0 Å². The Kier molecular flexibility index (Phi) is 7.35. The molecule has 0 heterocycles. The Morgan fingerprint density at radius 3 is 2.41 bits per heavy atom. The van der Waals surface area contributed by atoms with Gasteiger partial charge in [0.05, 0.1) is 6.61 Å². The number of hydrogen-bond acceptors (Lipinski definition) is 4. The van der Waals surface area contributed by atoms with Gasteiger partial charge in [0.2, 0.25) is 0 Å². The van der Waals surface area contributed by atoms with Gasteiger partial charge >= 0.3 is 0 Å². The molecule has 0 aromatic heterocycles. The average molecular weight is 308 g/mol. The molecule has 0 fully saturated rings. The Hall–Kier alpha value is -1.59. The van der Waals surface area contributed by atoms with Crippen molar-refractivity contribution in [3.63, 3.8) is 0 Å². The van der Waals surface area contributed by atoms with Crippen molar-refractivity contribution in [1.29, 1.82) is 0 Å². The van der Waals surface area contributed by atoms with E-state index in [-0.39, 0.29) is 5.91 Å². The second kappa shape index (κ2) is 8.76. The molecule has 0 radical (unpaired) electrons. The van der Waals surface area contributed by atoms with Gasteiger partial charge in [-0.3, -0.25) is 4.79 Å². The van der Waals surface area contributed by atoms with Crippen LogP contribution in [-0.2, 0) is 9.53 Å². The standard InChI is InChI=1S/C17H28N2O3/c1-6-17(2,21-5)16(20)18-14-8-10-15(11-9-14)22-13-7-12-19(3)4/h8-11H,6-7,12-13H2,1-5H3,(H,18,20)/t17-/m0/s1. The normalized spacial score (nSPS) is 13.7. The zero-order chi connectivity index (χ0) is 16.6. The molecular formula is C17H28N2O3. The average Bonchev–Trinajstić information content (AvgIpc) is 2.52. The van der Waals surface area contributed by atoms with Gasteiger partial charge in [0.1, 0.15) is 11.4 Å². The zero-order valence-corrected chi connectivity index (χ0v) is 14.3. The summed E-state index contributed by atoms with van der Waals surface area (Å²) in [4.78, 5) is 14.3. The highest BCUT2D eigenvalue weighted by atomic mass is 16.5. The van der Waals surface area contributed by atoms with Crippen molar-refractivity contribution in [2.24, 2.45) is 0 Å². The highest BCUT2D eigenvalue weighted by Gasteiger charge is 2.30. The van der Waals surface area contributed by atoms with Crippen LogP contribution < -0.4 is 10.1 Å². The Morgan fingerprint density at radius 2 is 1.91 bits per heavy atom. The summed E-state index contributed by atoms with van der Waals surface area (Å²) in [6, 6.07) is 7.40. The first kappa shape index (κ1) is 18.5. The third-order valence-corrected chi connectivity index (χ3v) is 3.74. The van der Waals surface area contributed by atoms with Crippen molar-refractivity contribution in [2.75, 3.05) is 39.7 Å². The van der Waals surface area contributed by atoms with Crippen molar-refractivity contribution in [1.82, 2.24) is 4.90 Å². The van der Waals surface area contributed by atoms with Gasteiger partial charge in [-0.1, -0.05) is 6.92 Å². The van der Waals surface area contributed by atoms with Crippen LogP contribution in [0.25, 0.3) is 0 Å². The van der Waals surface area contributed by atoms with Crippen molar-refractivity contribution in [2.45, 2.75) is 32.3 Å². The van der Waals surface area contributed by atoms with E-state index in [1.807, 2.05) is 45.3 Å². The highest BCUT2D eigenvalue weighted by Crippen LogP contribution is 2.20. The number of methoxy groups -OCH3 is 1. The molecule has 1 amide bonds. The predicted molar refractivity (Wildman–Crippen MR) is 89.4 cm³/mol. The number of carbonyl (C=O) groups excluding carboxylic acids is 1. The van der Waals surface area contributed by atoms with Gasteiger partial charge in [0.25, 0.3) is 5.91 Å². The molecule has 1 N–H and O–H groups in total. The highest BCUT2D eigenvalue weighted by molar-refractivity contribution is 5.97. The number of nitrogens with one attached hydrogen (secondary N) is 1. The summed E-state index contributed by atoms with van der Waals surface area (Å²) >= 11 is 0. The van der Waals surface area contributed by atoms with Crippen LogP contribution in [0.5, 0.6) is 5.75 Å². The van der Waals surface area contributed by atoms with Crippen LogP contribution in [0.2, 0.25) is 0 Å². The second-order valence-electron chi connectivity index (χ2n) is 5.77. The van der Waals surface area contributed by atoms with Crippen LogP contribution in [-0.4, -0.2) is 50.8 Å². The third-order valence-electron chi connectivity index (χ3n) is 3.74. The summed E-state index contributed by atoms with van der Waals surface area (Å²) in [6.07, 6.45) is 1.59. The Morgan fingerprint density at radius 1 is 1.27 bits per heavy atom. The van der Waals surface area contributed by atoms with Gasteiger partial charge in [-0.05, 0) is 58.1 Å². The first-order valence-corrected chi connectivity index (χ1v) is 7.65. The van der Waals surface area contributed by atoms with E-state index in [0.717, 1.165) is 24.4 Å². The molecular weight excluding hydrogens is 280 g/mol. The first-order valence-electron chi connectivity index (χ1n) is 7.65. The molecule has 124 valence electrons. The fraction of sp³-hybridized carbons (Fsp3) is 0.588. The number of benzene rings is 1. The van der Waals surface area contributed by atoms with Crippen LogP contribution >= 0.6 is 0 Å². The van der Waals surface area contributed by atoms with Crippen molar-refractivity contribution < 1.29 is 14.3 Å². The minimum atomic E-state index is -0.804. The van der Waals surface area contributed by atoms with E-state index in [1.165, 1.54) is 0 Å². The molecule has 1 aromatic rings. The molecule has 0 aliphatic carbocycles. The number of ether oxygens (including phenoxy) is 2. The van der Waals surface area contributed by atoms with E-state index in [1.54, 1.807) is 14.0 Å². The van der Waals surface area contributed by atoms with E-state index in [0.29, 0.717) is 13.0 Å². The fourth-order valence-corrected chi connectivity index (χ4v) is 1.87. The van der Waals surface area contributed by atoms with Crippen molar-refractivity contribution in [3.8, 4) is 5.75 Å². The van der Waals surface area contributed by atoms with Crippen LogP contribution in [0.4, 0.5) is 5.69 Å². The Bertz CT molecular complexity index is 453. The second-order valence-corrected chi connectivity index (χ2v) is 5.77. The zero-order valence-electron chi connectivity index (χ0n) is 14.3. The minimum Gasteiger partial charge on any atom is -0.494 e. The predicted octanol–water partition coefficient (Wildman–Crippen LogP) is 2.77. The monoisotopic (exact) mass is 308 g/mol. The lowest BCUT2D eigenvalue weighted by Crippen LogP contribution is -2.41. The molecule has 0 aliphatic rings. The van der Waals surface area contributed by atoms with E-state index in [2.05, 4.69) is 10.2 Å². The summed E-state index contributed by atoms with van der Waals surface area (Å²) in [6.45, 7) is 5.39. The lowest BCUT2D eigenvalue weighted by molar-refractivity contribution is -0.136. The molecule has 0 unspecified atom stereocenters. The van der Waals surface area contributed by atoms with Crippen LogP contribution in [0, 0.1) is 0 Å². The summed E-state index contributed by atoms with van der Waals surface area (Å²) in [5.74, 6) is 0.666. The Labute approximate surface area is 133 Å². The molecule has 1 atom stereocenters. The largest absolute Gasteiger partial charge is 0.494 e. The molecule has 0 spiro atoms. The molecule has 0 aliphatic heterocycles. The lowest BCUT2D eigenvalue weighted by atomic mass is 10.0. The molecule has 1 rings (SSSR count).